The number of amidine groups is 1. The van der Waals surface area contributed by atoms with E-state index in [1.165, 1.54) is 4.90 Å². The van der Waals surface area contributed by atoms with E-state index >= 15 is 0 Å². The van der Waals surface area contributed by atoms with Gasteiger partial charge in [0.15, 0.2) is 5.17 Å². The summed E-state index contributed by atoms with van der Waals surface area (Å²) < 4.78 is 5.14. The van der Waals surface area contributed by atoms with E-state index < -0.39 is 11.2 Å². The number of amides is 1. The predicted molar refractivity (Wildman–Crippen MR) is 98.1 cm³/mol. The van der Waals surface area contributed by atoms with Crippen LogP contribution in [0.3, 0.4) is 0 Å². The molecule has 0 aromatic heterocycles. The summed E-state index contributed by atoms with van der Waals surface area (Å²) in [7, 11) is 1.59. The van der Waals surface area contributed by atoms with Crippen molar-refractivity contribution < 1.29 is 19.4 Å². The second-order valence-corrected chi connectivity index (χ2v) is 6.86. The normalized spacial score (nSPS) is 18.8. The maximum absolute atomic E-state index is 12.6. The highest BCUT2D eigenvalue weighted by Gasteiger charge is 2.32. The summed E-state index contributed by atoms with van der Waals surface area (Å²) in [6.45, 7) is 0.307. The Morgan fingerprint density at radius 3 is 2.54 bits per heavy atom. The van der Waals surface area contributed by atoms with Gasteiger partial charge in [-0.1, -0.05) is 42.1 Å². The van der Waals surface area contributed by atoms with Crippen molar-refractivity contribution in [3.63, 3.8) is 0 Å². The number of aliphatic imine (C=N–C) groups is 1. The summed E-state index contributed by atoms with van der Waals surface area (Å²) in [6, 6.07) is 16.5. The molecule has 134 valence electrons. The van der Waals surface area contributed by atoms with Crippen molar-refractivity contribution >= 4 is 34.5 Å². The van der Waals surface area contributed by atoms with E-state index in [0.29, 0.717) is 17.4 Å². The zero-order valence-corrected chi connectivity index (χ0v) is 14.9. The predicted octanol–water partition coefficient (Wildman–Crippen LogP) is 1.97. The molecule has 2 aromatic carbocycles. The van der Waals surface area contributed by atoms with Crippen LogP contribution >= 0.6 is 11.8 Å². The van der Waals surface area contributed by atoms with Gasteiger partial charge in [0.05, 0.1) is 30.6 Å². The number of para-hydroxylation sites is 1. The molecule has 26 heavy (non-hydrogen) atoms. The molecule has 1 aliphatic rings. The highest BCUT2D eigenvalue weighted by molar-refractivity contribution is 8.15. The van der Waals surface area contributed by atoms with E-state index in [1.54, 1.807) is 19.2 Å². The second-order valence-electron chi connectivity index (χ2n) is 5.69. The molecule has 1 amide bonds. The van der Waals surface area contributed by atoms with Crippen LogP contribution in [-0.4, -0.2) is 34.3 Å². The van der Waals surface area contributed by atoms with Crippen LogP contribution in [0.2, 0.25) is 0 Å². The Morgan fingerprint density at radius 1 is 1.23 bits per heavy atom. The van der Waals surface area contributed by atoms with E-state index in [9.17, 15) is 14.7 Å². The molecule has 7 heteroatoms. The van der Waals surface area contributed by atoms with Gasteiger partial charge in [0.1, 0.15) is 5.75 Å². The third-order valence-electron chi connectivity index (χ3n) is 3.88. The molecule has 0 radical (unpaired) electrons. The Balaban J connectivity index is 1.89. The smallest absolute Gasteiger partial charge is 0.230 e. The quantitative estimate of drug-likeness (QED) is 0.805. The van der Waals surface area contributed by atoms with Crippen molar-refractivity contribution in [3.8, 4) is 5.75 Å². The summed E-state index contributed by atoms with van der Waals surface area (Å²) in [5.74, 6) is -0.819. The number of methoxy groups -OCH3 is 1. The fraction of sp³-hybridized carbons (Fsp3) is 0.211. The van der Waals surface area contributed by atoms with Crippen molar-refractivity contribution in [2.75, 3.05) is 7.11 Å². The largest absolute Gasteiger partial charge is 0.549 e. The number of thioether (sulfide) groups is 1. The second kappa shape index (κ2) is 8.05. The summed E-state index contributed by atoms with van der Waals surface area (Å²) in [4.78, 5) is 29.8. The Hall–Kier alpha value is -2.80. The summed E-state index contributed by atoms with van der Waals surface area (Å²) >= 11 is 1.04. The topological polar surface area (TPSA) is 82.0 Å². The molecule has 1 saturated heterocycles. The molecule has 0 aliphatic carbocycles. The molecule has 0 saturated carbocycles. The van der Waals surface area contributed by atoms with Gasteiger partial charge >= 0.3 is 0 Å². The fourth-order valence-corrected chi connectivity index (χ4v) is 3.54. The van der Waals surface area contributed by atoms with Gasteiger partial charge in [-0.15, -0.1) is 0 Å². The van der Waals surface area contributed by atoms with Gasteiger partial charge in [-0.2, -0.15) is 0 Å². The number of carbonyl (C=O) groups is 2. The Labute approximate surface area is 155 Å². The van der Waals surface area contributed by atoms with Gasteiger partial charge in [-0.05, 0) is 29.8 Å². The first-order valence-corrected chi connectivity index (χ1v) is 8.89. The van der Waals surface area contributed by atoms with E-state index in [-0.39, 0.29) is 12.3 Å². The average molecular weight is 369 g/mol. The minimum absolute atomic E-state index is 0.114. The van der Waals surface area contributed by atoms with Gasteiger partial charge in [0.25, 0.3) is 0 Å². The molecule has 1 fully saturated rings. The number of rotatable bonds is 5. The lowest BCUT2D eigenvalue weighted by atomic mass is 10.2. The molecule has 2 aromatic rings. The molecular weight excluding hydrogens is 352 g/mol. The zero-order chi connectivity index (χ0) is 18.5. The molecular formula is C19H17N2O4S-. The van der Waals surface area contributed by atoms with Gasteiger partial charge in [-0.25, -0.2) is 4.99 Å². The van der Waals surface area contributed by atoms with E-state index in [1.807, 2.05) is 42.5 Å². The highest BCUT2D eigenvalue weighted by atomic mass is 32.2. The summed E-state index contributed by atoms with van der Waals surface area (Å²) in [5.41, 5.74) is 1.55. The van der Waals surface area contributed by atoms with Gasteiger partial charge in [-0.3, -0.25) is 9.69 Å². The third-order valence-corrected chi connectivity index (χ3v) is 5.05. The van der Waals surface area contributed by atoms with E-state index in [2.05, 4.69) is 4.99 Å². The molecule has 0 unspecified atom stereocenters. The van der Waals surface area contributed by atoms with Crippen LogP contribution in [0.5, 0.6) is 5.75 Å². The molecule has 1 heterocycles. The van der Waals surface area contributed by atoms with Gasteiger partial charge in [0.2, 0.25) is 5.91 Å². The summed E-state index contributed by atoms with van der Waals surface area (Å²) in [5, 5.41) is 10.7. The first kappa shape index (κ1) is 18.0. The number of aliphatic carboxylic acids is 1. The van der Waals surface area contributed by atoms with Crippen LogP contribution in [-0.2, 0) is 16.1 Å². The maximum atomic E-state index is 12.6. The first-order valence-electron chi connectivity index (χ1n) is 8.01. The molecule has 1 atom stereocenters. The van der Waals surface area contributed by atoms with E-state index in [0.717, 1.165) is 23.1 Å². The van der Waals surface area contributed by atoms with Crippen LogP contribution in [0.25, 0.3) is 0 Å². The number of hydrogen-bond donors (Lipinski definition) is 0. The highest BCUT2D eigenvalue weighted by Crippen LogP contribution is 2.30. The number of ether oxygens (including phenoxy) is 1. The van der Waals surface area contributed by atoms with Crippen LogP contribution in [0, 0.1) is 0 Å². The Bertz CT molecular complexity index is 821. The number of hydrogen-bond acceptors (Lipinski definition) is 6. The van der Waals surface area contributed by atoms with Gasteiger partial charge < -0.3 is 14.6 Å². The zero-order valence-electron chi connectivity index (χ0n) is 14.1. The Morgan fingerprint density at radius 2 is 1.92 bits per heavy atom. The number of benzene rings is 2. The fourth-order valence-electron chi connectivity index (χ4n) is 2.51. The third kappa shape index (κ3) is 4.23. The van der Waals surface area contributed by atoms with Crippen LogP contribution in [0.4, 0.5) is 5.69 Å². The van der Waals surface area contributed by atoms with Crippen molar-refractivity contribution in [3.05, 3.63) is 60.2 Å². The lowest BCUT2D eigenvalue weighted by molar-refractivity contribution is -0.304. The van der Waals surface area contributed by atoms with Crippen molar-refractivity contribution in [1.29, 1.82) is 0 Å². The van der Waals surface area contributed by atoms with Crippen molar-refractivity contribution in [1.82, 2.24) is 4.90 Å². The molecule has 3 rings (SSSR count). The Kier molecular flexibility index (Phi) is 5.58. The SMILES string of the molecule is COc1ccc(CN2C(=O)C[C@@H](C(=O)[O-])SC2=Nc2ccccc2)cc1. The van der Waals surface area contributed by atoms with Crippen LogP contribution < -0.4 is 9.84 Å². The molecule has 0 spiro atoms. The summed E-state index contributed by atoms with van der Waals surface area (Å²) in [6.07, 6.45) is -0.114. The maximum Gasteiger partial charge on any atom is 0.230 e. The van der Waals surface area contributed by atoms with Crippen molar-refractivity contribution in [2.24, 2.45) is 4.99 Å². The van der Waals surface area contributed by atoms with Crippen LogP contribution in [0.1, 0.15) is 12.0 Å². The van der Waals surface area contributed by atoms with E-state index in [4.69, 9.17) is 4.74 Å². The van der Waals surface area contributed by atoms with Crippen LogP contribution in [0.15, 0.2) is 59.6 Å². The molecule has 0 bridgehead atoms. The lowest BCUT2D eigenvalue weighted by Gasteiger charge is -2.32. The average Bonchev–Trinajstić information content (AvgIpc) is 2.65. The number of nitrogens with zero attached hydrogens (tertiary/aromatic N) is 2. The minimum Gasteiger partial charge on any atom is -0.549 e. The first-order chi connectivity index (χ1) is 12.6. The number of carboxylic acid groups (broad SMARTS) is 1. The minimum atomic E-state index is -1.26. The van der Waals surface area contributed by atoms with Crippen molar-refractivity contribution in [2.45, 2.75) is 18.2 Å². The number of carboxylic acids is 1. The number of carbonyl (C=O) groups excluding carboxylic acids is 2. The molecule has 0 N–H and O–H groups in total. The standard InChI is InChI=1S/C19H18N2O4S/c1-25-15-9-7-13(8-10-15)12-21-17(22)11-16(18(23)24)26-19(21)20-14-5-3-2-4-6-14/h2-10,16H,11-12H2,1H3,(H,23,24)/p-1/t16-/m0/s1. The monoisotopic (exact) mass is 369 g/mol. The lowest BCUT2D eigenvalue weighted by Crippen LogP contribution is -2.47. The molecule has 6 nitrogen and oxygen atoms in total. The molecule has 1 aliphatic heterocycles. The van der Waals surface area contributed by atoms with Gasteiger partial charge in [0, 0.05) is 6.42 Å².